The van der Waals surface area contributed by atoms with E-state index in [0.29, 0.717) is 35.2 Å². The summed E-state index contributed by atoms with van der Waals surface area (Å²) in [4.78, 5) is 12.7. The number of unbranched alkanes of at least 4 members (excludes halogenated alkanes) is 7. The fourth-order valence-electron chi connectivity index (χ4n) is 4.27. The van der Waals surface area contributed by atoms with Crippen molar-refractivity contribution < 1.29 is 19.0 Å². The molecule has 3 aromatic carbocycles. The minimum Gasteiger partial charge on any atom is -0.494 e. The van der Waals surface area contributed by atoms with Crippen molar-refractivity contribution in [3.05, 3.63) is 77.9 Å². The van der Waals surface area contributed by atoms with E-state index in [1.54, 1.807) is 24.3 Å². The first kappa shape index (κ1) is 30.8. The van der Waals surface area contributed by atoms with Gasteiger partial charge in [-0.05, 0) is 59.9 Å². The number of hydrogen-bond acceptors (Lipinski definition) is 5. The summed E-state index contributed by atoms with van der Waals surface area (Å²) in [7, 11) is 0. The number of esters is 1. The summed E-state index contributed by atoms with van der Waals surface area (Å²) in [5.41, 5.74) is 2.82. The monoisotopic (exact) mass is 541 g/mol. The van der Waals surface area contributed by atoms with E-state index in [0.717, 1.165) is 36.3 Å². The number of benzene rings is 3. The SMILES string of the molecule is CCCCCCCCCCOc1ccc(-c2ccc(C(=O)Oc3ccc(OC[C@@H](C)CC)c(C#N)c3)cc2)cc1. The lowest BCUT2D eigenvalue weighted by molar-refractivity contribution is 0.0734. The van der Waals surface area contributed by atoms with Crippen molar-refractivity contribution in [2.75, 3.05) is 13.2 Å². The van der Waals surface area contributed by atoms with Gasteiger partial charge in [0.15, 0.2) is 0 Å². The van der Waals surface area contributed by atoms with E-state index in [9.17, 15) is 10.1 Å². The highest BCUT2D eigenvalue weighted by Gasteiger charge is 2.13. The van der Waals surface area contributed by atoms with Crippen LogP contribution in [-0.2, 0) is 0 Å². The predicted molar refractivity (Wildman–Crippen MR) is 161 cm³/mol. The van der Waals surface area contributed by atoms with Crippen LogP contribution in [0.1, 0.15) is 94.5 Å². The average Bonchev–Trinajstić information content (AvgIpc) is 2.99. The van der Waals surface area contributed by atoms with Gasteiger partial charge in [0.1, 0.15) is 23.3 Å². The molecular formula is C35H43NO4. The van der Waals surface area contributed by atoms with Crippen LogP contribution in [0.15, 0.2) is 66.7 Å². The van der Waals surface area contributed by atoms with Crippen LogP contribution >= 0.6 is 0 Å². The molecule has 0 aliphatic carbocycles. The fourth-order valence-corrected chi connectivity index (χ4v) is 4.27. The smallest absolute Gasteiger partial charge is 0.343 e. The van der Waals surface area contributed by atoms with Gasteiger partial charge in [-0.2, -0.15) is 5.26 Å². The maximum Gasteiger partial charge on any atom is 0.343 e. The van der Waals surface area contributed by atoms with Crippen molar-refractivity contribution >= 4 is 5.97 Å². The molecule has 0 radical (unpaired) electrons. The maximum atomic E-state index is 12.7. The van der Waals surface area contributed by atoms with Crippen molar-refractivity contribution in [2.24, 2.45) is 5.92 Å². The van der Waals surface area contributed by atoms with Gasteiger partial charge >= 0.3 is 5.97 Å². The summed E-state index contributed by atoms with van der Waals surface area (Å²) in [6.07, 6.45) is 11.3. The zero-order chi connectivity index (χ0) is 28.6. The van der Waals surface area contributed by atoms with Gasteiger partial charge in [-0.3, -0.25) is 0 Å². The number of ether oxygens (including phenoxy) is 3. The molecule has 1 atom stereocenters. The number of nitrogens with zero attached hydrogens (tertiary/aromatic N) is 1. The maximum absolute atomic E-state index is 12.7. The molecule has 0 aromatic heterocycles. The lowest BCUT2D eigenvalue weighted by Crippen LogP contribution is -2.10. The van der Waals surface area contributed by atoms with Gasteiger partial charge in [0.25, 0.3) is 0 Å². The van der Waals surface area contributed by atoms with Crippen LogP contribution in [0.25, 0.3) is 11.1 Å². The van der Waals surface area contributed by atoms with E-state index in [-0.39, 0.29) is 0 Å². The minimum atomic E-state index is -0.478. The highest BCUT2D eigenvalue weighted by atomic mass is 16.5. The Kier molecular flexibility index (Phi) is 13.1. The number of carbonyl (C=O) groups excluding carboxylic acids is 1. The van der Waals surface area contributed by atoms with Gasteiger partial charge in [-0.25, -0.2) is 4.79 Å². The second-order valence-electron chi connectivity index (χ2n) is 10.4. The summed E-state index contributed by atoms with van der Waals surface area (Å²) >= 11 is 0. The van der Waals surface area contributed by atoms with Gasteiger partial charge in [0.05, 0.1) is 24.3 Å². The zero-order valence-electron chi connectivity index (χ0n) is 24.3. The average molecular weight is 542 g/mol. The zero-order valence-corrected chi connectivity index (χ0v) is 24.3. The molecule has 5 heteroatoms. The molecule has 40 heavy (non-hydrogen) atoms. The first-order valence-electron chi connectivity index (χ1n) is 14.8. The van der Waals surface area contributed by atoms with Crippen LogP contribution in [0.3, 0.4) is 0 Å². The second-order valence-corrected chi connectivity index (χ2v) is 10.4. The molecule has 3 rings (SSSR count). The minimum absolute atomic E-state index is 0.309. The number of nitriles is 1. The van der Waals surface area contributed by atoms with E-state index >= 15 is 0 Å². The van der Waals surface area contributed by atoms with Crippen LogP contribution in [-0.4, -0.2) is 19.2 Å². The number of rotatable bonds is 17. The molecule has 0 N–H and O–H groups in total. The van der Waals surface area contributed by atoms with Crippen molar-refractivity contribution in [1.29, 1.82) is 5.26 Å². The van der Waals surface area contributed by atoms with Crippen LogP contribution in [0.5, 0.6) is 17.2 Å². The third-order valence-corrected chi connectivity index (χ3v) is 7.08. The predicted octanol–water partition coefficient (Wildman–Crippen LogP) is 9.39. The molecule has 0 spiro atoms. The molecule has 0 saturated carbocycles. The van der Waals surface area contributed by atoms with Crippen molar-refractivity contribution in [1.82, 2.24) is 0 Å². The molecule has 0 heterocycles. The molecule has 0 aliphatic heterocycles. The molecule has 0 unspecified atom stereocenters. The Morgan fingerprint density at radius 1 is 0.775 bits per heavy atom. The van der Waals surface area contributed by atoms with Gasteiger partial charge in [-0.15, -0.1) is 0 Å². The Morgan fingerprint density at radius 3 is 2.00 bits per heavy atom. The Morgan fingerprint density at radius 2 is 1.38 bits per heavy atom. The molecule has 0 fully saturated rings. The molecule has 0 bridgehead atoms. The van der Waals surface area contributed by atoms with E-state index < -0.39 is 5.97 Å². The topological polar surface area (TPSA) is 68.6 Å². The molecule has 3 aromatic rings. The fraction of sp³-hybridized carbons (Fsp3) is 0.429. The van der Waals surface area contributed by atoms with Gasteiger partial charge in [0.2, 0.25) is 0 Å². The highest BCUT2D eigenvalue weighted by Crippen LogP contribution is 2.26. The van der Waals surface area contributed by atoms with E-state index in [4.69, 9.17) is 14.2 Å². The molecule has 212 valence electrons. The van der Waals surface area contributed by atoms with Gasteiger partial charge in [-0.1, -0.05) is 96.4 Å². The molecular weight excluding hydrogens is 498 g/mol. The quantitative estimate of drug-likeness (QED) is 0.0967. The van der Waals surface area contributed by atoms with Crippen LogP contribution < -0.4 is 14.2 Å². The normalized spacial score (nSPS) is 11.4. The van der Waals surface area contributed by atoms with Crippen molar-refractivity contribution in [3.63, 3.8) is 0 Å². The Balaban J connectivity index is 1.47. The number of hydrogen-bond donors (Lipinski definition) is 0. The lowest BCUT2D eigenvalue weighted by Gasteiger charge is -2.13. The van der Waals surface area contributed by atoms with Gasteiger partial charge < -0.3 is 14.2 Å². The third kappa shape index (κ3) is 10.1. The Bertz CT molecular complexity index is 1210. The van der Waals surface area contributed by atoms with Crippen LogP contribution in [0, 0.1) is 17.2 Å². The first-order valence-corrected chi connectivity index (χ1v) is 14.8. The van der Waals surface area contributed by atoms with Gasteiger partial charge in [0, 0.05) is 6.07 Å². The molecule has 0 saturated heterocycles. The van der Waals surface area contributed by atoms with Crippen LogP contribution in [0.4, 0.5) is 0 Å². The second kappa shape index (κ2) is 17.0. The molecule has 0 amide bonds. The van der Waals surface area contributed by atoms with Crippen molar-refractivity contribution in [2.45, 2.75) is 78.6 Å². The summed E-state index contributed by atoms with van der Waals surface area (Å²) < 4.78 is 17.2. The number of carbonyl (C=O) groups is 1. The molecule has 0 aliphatic rings. The molecule has 5 nitrogen and oxygen atoms in total. The largest absolute Gasteiger partial charge is 0.494 e. The summed E-state index contributed by atoms with van der Waals surface area (Å²) in [5, 5.41) is 9.50. The first-order chi connectivity index (χ1) is 19.5. The van der Waals surface area contributed by atoms with E-state index in [2.05, 4.69) is 26.8 Å². The van der Waals surface area contributed by atoms with Crippen molar-refractivity contribution in [3.8, 4) is 34.4 Å². The third-order valence-electron chi connectivity index (χ3n) is 7.08. The van der Waals surface area contributed by atoms with E-state index in [1.165, 1.54) is 51.0 Å². The summed E-state index contributed by atoms with van der Waals surface area (Å²) in [5.74, 6) is 1.59. The Labute approximate surface area is 240 Å². The summed E-state index contributed by atoms with van der Waals surface area (Å²) in [6, 6.07) is 22.3. The van der Waals surface area contributed by atoms with E-state index in [1.807, 2.05) is 36.4 Å². The Hall–Kier alpha value is -3.78. The highest BCUT2D eigenvalue weighted by molar-refractivity contribution is 5.91. The van der Waals surface area contributed by atoms with Crippen LogP contribution in [0.2, 0.25) is 0 Å². The lowest BCUT2D eigenvalue weighted by atomic mass is 10.0. The standard InChI is InChI=1S/C35H43NO4/c1-4-6-7-8-9-10-11-12-23-38-32-19-17-29(18-20-32)28-13-15-30(16-14-28)35(37)40-33-21-22-34(31(24-33)25-36)39-26-27(3)5-2/h13-22,24,27H,4-12,23,26H2,1-3H3/t27-/m0/s1. The summed E-state index contributed by atoms with van der Waals surface area (Å²) in [6.45, 7) is 7.72.